The van der Waals surface area contributed by atoms with E-state index < -0.39 is 30.4 Å². The standard InChI is InChI=1S/C11H11BrF2N2O4/c12-9-2-1-7(16(19)20)5-8(9)11(18)15(3-4-17)6-10(13)14/h1-2,5,10,17H,3-4,6H2. The fourth-order valence-corrected chi connectivity index (χ4v) is 1.94. The summed E-state index contributed by atoms with van der Waals surface area (Å²) in [5, 5.41) is 19.5. The number of nitro groups is 1. The Bertz CT molecular complexity index is 513. The summed E-state index contributed by atoms with van der Waals surface area (Å²) in [6.45, 7) is -1.61. The van der Waals surface area contributed by atoms with Crippen LogP contribution in [0.3, 0.4) is 0 Å². The van der Waals surface area contributed by atoms with E-state index in [1.807, 2.05) is 0 Å². The summed E-state index contributed by atoms with van der Waals surface area (Å²) in [4.78, 5) is 22.8. The summed E-state index contributed by atoms with van der Waals surface area (Å²) in [7, 11) is 0. The van der Waals surface area contributed by atoms with E-state index in [0.29, 0.717) is 0 Å². The Kier molecular flexibility index (Phi) is 5.96. The summed E-state index contributed by atoms with van der Waals surface area (Å²) in [6.07, 6.45) is -2.76. The molecule has 0 aromatic heterocycles. The number of non-ortho nitro benzene ring substituents is 1. The minimum Gasteiger partial charge on any atom is -0.395 e. The van der Waals surface area contributed by atoms with Crippen molar-refractivity contribution in [1.82, 2.24) is 4.90 Å². The molecule has 0 aliphatic rings. The molecule has 0 saturated carbocycles. The van der Waals surface area contributed by atoms with Gasteiger partial charge >= 0.3 is 0 Å². The zero-order chi connectivity index (χ0) is 15.3. The van der Waals surface area contributed by atoms with Crippen LogP contribution in [0.4, 0.5) is 14.5 Å². The average Bonchev–Trinajstić information content (AvgIpc) is 2.37. The molecule has 0 fully saturated rings. The maximum absolute atomic E-state index is 12.4. The van der Waals surface area contributed by atoms with Crippen LogP contribution in [-0.2, 0) is 0 Å². The first-order chi connectivity index (χ1) is 9.36. The fraction of sp³-hybridized carbons (Fsp3) is 0.364. The largest absolute Gasteiger partial charge is 0.395 e. The maximum atomic E-state index is 12.4. The Hall–Kier alpha value is -1.61. The lowest BCUT2D eigenvalue weighted by Crippen LogP contribution is -2.37. The number of halogens is 3. The van der Waals surface area contributed by atoms with Gasteiger partial charge in [-0.05, 0) is 22.0 Å². The third kappa shape index (κ3) is 4.20. The lowest BCUT2D eigenvalue weighted by atomic mass is 10.1. The van der Waals surface area contributed by atoms with Crippen LogP contribution in [0.1, 0.15) is 10.4 Å². The molecule has 0 atom stereocenters. The molecule has 20 heavy (non-hydrogen) atoms. The number of benzene rings is 1. The van der Waals surface area contributed by atoms with Crippen LogP contribution in [0.5, 0.6) is 0 Å². The Morgan fingerprint density at radius 2 is 2.15 bits per heavy atom. The van der Waals surface area contributed by atoms with E-state index in [-0.39, 0.29) is 22.3 Å². The van der Waals surface area contributed by atoms with Crippen LogP contribution in [0.2, 0.25) is 0 Å². The zero-order valence-corrected chi connectivity index (χ0v) is 11.7. The van der Waals surface area contributed by atoms with Crippen molar-refractivity contribution in [3.8, 4) is 0 Å². The van der Waals surface area contributed by atoms with Crippen molar-refractivity contribution in [3.05, 3.63) is 38.3 Å². The molecule has 0 saturated heterocycles. The van der Waals surface area contributed by atoms with Crippen molar-refractivity contribution in [1.29, 1.82) is 0 Å². The highest BCUT2D eigenvalue weighted by atomic mass is 79.9. The van der Waals surface area contributed by atoms with Crippen LogP contribution in [0, 0.1) is 10.1 Å². The second-order valence-corrected chi connectivity index (χ2v) is 4.64. The predicted molar refractivity (Wildman–Crippen MR) is 69.8 cm³/mol. The van der Waals surface area contributed by atoms with Crippen molar-refractivity contribution in [3.63, 3.8) is 0 Å². The first-order valence-corrected chi connectivity index (χ1v) is 6.28. The van der Waals surface area contributed by atoms with E-state index >= 15 is 0 Å². The summed E-state index contributed by atoms with van der Waals surface area (Å²) < 4.78 is 25.0. The Morgan fingerprint density at radius 1 is 1.50 bits per heavy atom. The first kappa shape index (κ1) is 16.4. The molecule has 6 nitrogen and oxygen atoms in total. The number of hydrogen-bond donors (Lipinski definition) is 1. The number of hydrogen-bond acceptors (Lipinski definition) is 4. The van der Waals surface area contributed by atoms with E-state index in [0.717, 1.165) is 11.0 Å². The number of amides is 1. The van der Waals surface area contributed by atoms with Crippen molar-refractivity contribution < 1.29 is 23.6 Å². The van der Waals surface area contributed by atoms with Gasteiger partial charge in [0.15, 0.2) is 0 Å². The molecule has 1 aromatic carbocycles. The molecule has 1 amide bonds. The third-order valence-electron chi connectivity index (χ3n) is 2.41. The number of nitro benzene ring substituents is 1. The third-order valence-corrected chi connectivity index (χ3v) is 3.10. The van der Waals surface area contributed by atoms with Gasteiger partial charge in [0.1, 0.15) is 0 Å². The van der Waals surface area contributed by atoms with E-state index in [9.17, 15) is 23.7 Å². The smallest absolute Gasteiger partial charge is 0.270 e. The molecule has 1 rings (SSSR count). The van der Waals surface area contributed by atoms with E-state index in [1.165, 1.54) is 12.1 Å². The molecule has 0 spiro atoms. The highest BCUT2D eigenvalue weighted by Crippen LogP contribution is 2.24. The van der Waals surface area contributed by atoms with Crippen molar-refractivity contribution in [2.24, 2.45) is 0 Å². The normalized spacial score (nSPS) is 10.7. The van der Waals surface area contributed by atoms with Gasteiger partial charge in [0.2, 0.25) is 0 Å². The van der Waals surface area contributed by atoms with Gasteiger partial charge in [-0.15, -0.1) is 0 Å². The summed E-state index contributed by atoms with van der Waals surface area (Å²) >= 11 is 3.05. The van der Waals surface area contributed by atoms with E-state index in [2.05, 4.69) is 15.9 Å². The molecule has 0 aliphatic carbocycles. The minimum atomic E-state index is -2.76. The predicted octanol–water partition coefficient (Wildman–Crippen LogP) is 2.06. The van der Waals surface area contributed by atoms with Gasteiger partial charge < -0.3 is 10.0 Å². The molecule has 1 aromatic rings. The quantitative estimate of drug-likeness (QED) is 0.627. The zero-order valence-electron chi connectivity index (χ0n) is 10.1. The molecular weight excluding hydrogens is 342 g/mol. The lowest BCUT2D eigenvalue weighted by molar-refractivity contribution is -0.384. The van der Waals surface area contributed by atoms with Gasteiger partial charge in [-0.25, -0.2) is 8.78 Å². The number of aliphatic hydroxyl groups is 1. The van der Waals surface area contributed by atoms with Gasteiger partial charge in [0.05, 0.1) is 23.6 Å². The van der Waals surface area contributed by atoms with Crippen molar-refractivity contribution in [2.45, 2.75) is 6.43 Å². The molecule has 0 bridgehead atoms. The molecule has 0 heterocycles. The molecule has 0 radical (unpaired) electrons. The Labute approximate surface area is 121 Å². The maximum Gasteiger partial charge on any atom is 0.270 e. The minimum absolute atomic E-state index is 0.103. The Balaban J connectivity index is 3.10. The molecule has 0 aliphatic heterocycles. The van der Waals surface area contributed by atoms with Crippen LogP contribution < -0.4 is 0 Å². The topological polar surface area (TPSA) is 83.7 Å². The van der Waals surface area contributed by atoms with Crippen molar-refractivity contribution >= 4 is 27.5 Å². The van der Waals surface area contributed by atoms with Crippen LogP contribution >= 0.6 is 15.9 Å². The number of carbonyl (C=O) groups excluding carboxylic acids is 1. The van der Waals surface area contributed by atoms with Gasteiger partial charge in [-0.3, -0.25) is 14.9 Å². The lowest BCUT2D eigenvalue weighted by Gasteiger charge is -2.21. The van der Waals surface area contributed by atoms with Gasteiger partial charge in [0.25, 0.3) is 18.0 Å². The number of rotatable bonds is 6. The second-order valence-electron chi connectivity index (χ2n) is 3.79. The first-order valence-electron chi connectivity index (χ1n) is 5.49. The highest BCUT2D eigenvalue weighted by Gasteiger charge is 2.23. The SMILES string of the molecule is O=C(c1cc([N+](=O)[O-])ccc1Br)N(CCO)CC(F)F. The van der Waals surface area contributed by atoms with Crippen LogP contribution in [0.25, 0.3) is 0 Å². The fourth-order valence-electron chi connectivity index (χ4n) is 1.52. The highest BCUT2D eigenvalue weighted by molar-refractivity contribution is 9.10. The molecule has 0 unspecified atom stereocenters. The molecule has 1 N–H and O–H groups in total. The van der Waals surface area contributed by atoms with Gasteiger partial charge in [0, 0.05) is 23.2 Å². The molecule has 9 heteroatoms. The number of carbonyl (C=O) groups is 1. The monoisotopic (exact) mass is 352 g/mol. The summed E-state index contributed by atoms with van der Waals surface area (Å²) in [5.74, 6) is -0.810. The van der Waals surface area contributed by atoms with E-state index in [4.69, 9.17) is 5.11 Å². The van der Waals surface area contributed by atoms with Crippen LogP contribution in [0.15, 0.2) is 22.7 Å². The number of alkyl halides is 2. The summed E-state index contributed by atoms with van der Waals surface area (Å²) in [5.41, 5.74) is -0.425. The van der Waals surface area contributed by atoms with Gasteiger partial charge in [-0.1, -0.05) is 0 Å². The second kappa shape index (κ2) is 7.25. The average molecular weight is 353 g/mol. The molecule has 110 valence electrons. The number of aliphatic hydroxyl groups excluding tert-OH is 1. The van der Waals surface area contributed by atoms with Crippen LogP contribution in [-0.4, -0.2) is 47.0 Å². The van der Waals surface area contributed by atoms with Gasteiger partial charge in [-0.2, -0.15) is 0 Å². The number of nitrogens with zero attached hydrogens (tertiary/aromatic N) is 2. The van der Waals surface area contributed by atoms with Crippen molar-refractivity contribution in [2.75, 3.05) is 19.7 Å². The molecular formula is C11H11BrF2N2O4. The van der Waals surface area contributed by atoms with E-state index in [1.54, 1.807) is 0 Å². The Morgan fingerprint density at radius 3 is 2.65 bits per heavy atom. The summed E-state index contributed by atoms with van der Waals surface area (Å²) in [6, 6.07) is 3.48.